The smallest absolute Gasteiger partial charge is 0.161 e. The average Bonchev–Trinajstić information content (AvgIpc) is 3.02. The number of benzene rings is 1. The number of nitrogens with zero attached hydrogens (tertiary/aromatic N) is 1. The van der Waals surface area contributed by atoms with E-state index >= 15 is 0 Å². The quantitative estimate of drug-likeness (QED) is 0.695. The minimum atomic E-state index is -0.00911. The third-order valence-corrected chi connectivity index (χ3v) is 4.09. The van der Waals surface area contributed by atoms with Gasteiger partial charge >= 0.3 is 0 Å². The SMILES string of the molecule is CCOC(C)c1nc(COc2ccc(C=O)cc2OC)cs1. The molecule has 0 N–H and O–H groups in total. The van der Waals surface area contributed by atoms with Gasteiger partial charge in [0.2, 0.25) is 0 Å². The van der Waals surface area contributed by atoms with Crippen LogP contribution in [0.2, 0.25) is 0 Å². The molecular formula is C16H19NO4S. The van der Waals surface area contributed by atoms with Gasteiger partial charge in [-0.2, -0.15) is 0 Å². The number of rotatable bonds is 8. The van der Waals surface area contributed by atoms with Crippen molar-refractivity contribution in [1.82, 2.24) is 4.98 Å². The summed E-state index contributed by atoms with van der Waals surface area (Å²) < 4.78 is 16.5. The summed E-state index contributed by atoms with van der Waals surface area (Å²) in [5.41, 5.74) is 1.39. The molecule has 0 aliphatic carbocycles. The van der Waals surface area contributed by atoms with Crippen LogP contribution in [-0.2, 0) is 11.3 Å². The predicted octanol–water partition coefficient (Wildman–Crippen LogP) is 3.64. The Labute approximate surface area is 133 Å². The molecule has 0 spiro atoms. The van der Waals surface area contributed by atoms with Gasteiger partial charge in [-0.3, -0.25) is 4.79 Å². The second-order valence-electron chi connectivity index (χ2n) is 4.59. The van der Waals surface area contributed by atoms with Crippen LogP contribution in [0.1, 0.15) is 41.0 Å². The van der Waals surface area contributed by atoms with Crippen molar-refractivity contribution in [2.45, 2.75) is 26.6 Å². The molecule has 0 amide bonds. The third-order valence-electron chi connectivity index (χ3n) is 3.03. The molecule has 5 nitrogen and oxygen atoms in total. The topological polar surface area (TPSA) is 57.7 Å². The van der Waals surface area contributed by atoms with Gasteiger partial charge in [-0.25, -0.2) is 4.98 Å². The fourth-order valence-corrected chi connectivity index (χ4v) is 2.73. The van der Waals surface area contributed by atoms with Crippen molar-refractivity contribution in [2.24, 2.45) is 0 Å². The molecule has 0 bridgehead atoms. The summed E-state index contributed by atoms with van der Waals surface area (Å²) in [6, 6.07) is 5.05. The van der Waals surface area contributed by atoms with Gasteiger partial charge in [0.25, 0.3) is 0 Å². The first-order valence-corrected chi connectivity index (χ1v) is 7.87. The van der Waals surface area contributed by atoms with Gasteiger partial charge in [-0.15, -0.1) is 11.3 Å². The number of carbonyl (C=O) groups excluding carboxylic acids is 1. The van der Waals surface area contributed by atoms with E-state index in [1.54, 1.807) is 36.6 Å². The van der Waals surface area contributed by atoms with Crippen molar-refractivity contribution in [1.29, 1.82) is 0 Å². The Balaban J connectivity index is 2.02. The molecule has 0 radical (unpaired) electrons. The summed E-state index contributed by atoms with van der Waals surface area (Å²) in [5, 5.41) is 2.89. The molecule has 1 unspecified atom stereocenters. The Morgan fingerprint density at radius 3 is 2.86 bits per heavy atom. The van der Waals surface area contributed by atoms with Crippen molar-refractivity contribution >= 4 is 17.6 Å². The lowest BCUT2D eigenvalue weighted by atomic mass is 10.2. The number of hydrogen-bond acceptors (Lipinski definition) is 6. The molecule has 0 aliphatic heterocycles. The monoisotopic (exact) mass is 321 g/mol. The first kappa shape index (κ1) is 16.5. The van der Waals surface area contributed by atoms with Gasteiger partial charge < -0.3 is 14.2 Å². The van der Waals surface area contributed by atoms with Gasteiger partial charge in [0.15, 0.2) is 11.5 Å². The van der Waals surface area contributed by atoms with Gasteiger partial charge in [-0.1, -0.05) is 0 Å². The Kier molecular flexibility index (Phi) is 5.91. The molecule has 1 aromatic carbocycles. The highest BCUT2D eigenvalue weighted by Gasteiger charge is 2.11. The average molecular weight is 321 g/mol. The molecule has 0 fully saturated rings. The number of aromatic nitrogens is 1. The number of ether oxygens (including phenoxy) is 3. The maximum atomic E-state index is 10.8. The standard InChI is InChI=1S/C16H19NO4S/c1-4-20-11(2)16-17-13(10-22-16)9-21-14-6-5-12(8-18)7-15(14)19-3/h5-8,10-11H,4,9H2,1-3H3. The summed E-state index contributed by atoms with van der Waals surface area (Å²) >= 11 is 1.56. The van der Waals surface area contributed by atoms with Crippen LogP contribution < -0.4 is 9.47 Å². The molecule has 0 saturated carbocycles. The van der Waals surface area contributed by atoms with Crippen LogP contribution in [0.3, 0.4) is 0 Å². The van der Waals surface area contributed by atoms with Gasteiger partial charge in [0.1, 0.15) is 24.0 Å². The second-order valence-corrected chi connectivity index (χ2v) is 5.48. The van der Waals surface area contributed by atoms with E-state index in [4.69, 9.17) is 14.2 Å². The Morgan fingerprint density at radius 2 is 2.18 bits per heavy atom. The van der Waals surface area contributed by atoms with Crippen LogP contribution in [-0.4, -0.2) is 25.0 Å². The van der Waals surface area contributed by atoms with E-state index in [-0.39, 0.29) is 6.10 Å². The fourth-order valence-electron chi connectivity index (χ4n) is 1.93. The van der Waals surface area contributed by atoms with E-state index in [2.05, 4.69) is 4.98 Å². The van der Waals surface area contributed by atoms with E-state index < -0.39 is 0 Å². The highest BCUT2D eigenvalue weighted by atomic mass is 32.1. The second kappa shape index (κ2) is 7.91. The van der Waals surface area contributed by atoms with Gasteiger partial charge in [0.05, 0.1) is 12.8 Å². The molecule has 1 aromatic heterocycles. The predicted molar refractivity (Wildman–Crippen MR) is 84.9 cm³/mol. The van der Waals surface area contributed by atoms with Crippen LogP contribution in [0.25, 0.3) is 0 Å². The van der Waals surface area contributed by atoms with Crippen LogP contribution in [0, 0.1) is 0 Å². The molecule has 1 heterocycles. The summed E-state index contributed by atoms with van der Waals surface area (Å²) in [5.74, 6) is 1.11. The third kappa shape index (κ3) is 4.05. The first-order valence-electron chi connectivity index (χ1n) is 6.99. The summed E-state index contributed by atoms with van der Waals surface area (Å²) in [7, 11) is 1.54. The zero-order chi connectivity index (χ0) is 15.9. The van der Waals surface area contributed by atoms with E-state index in [1.807, 2.05) is 19.2 Å². The van der Waals surface area contributed by atoms with E-state index in [9.17, 15) is 4.79 Å². The van der Waals surface area contributed by atoms with E-state index in [1.165, 1.54) is 0 Å². The van der Waals surface area contributed by atoms with Crippen LogP contribution in [0.4, 0.5) is 0 Å². The number of aldehydes is 1. The first-order chi connectivity index (χ1) is 10.7. The Bertz CT molecular complexity index is 626. The van der Waals surface area contributed by atoms with Crippen molar-refractivity contribution in [3.63, 3.8) is 0 Å². The number of hydrogen-bond donors (Lipinski definition) is 0. The van der Waals surface area contributed by atoms with Crippen molar-refractivity contribution < 1.29 is 19.0 Å². The molecule has 2 aromatic rings. The molecule has 0 aliphatic rings. The summed E-state index contributed by atoms with van der Waals surface area (Å²) in [6.45, 7) is 4.94. The summed E-state index contributed by atoms with van der Waals surface area (Å²) in [4.78, 5) is 15.3. The maximum Gasteiger partial charge on any atom is 0.161 e. The Hall–Kier alpha value is -1.92. The molecule has 118 valence electrons. The fraction of sp³-hybridized carbons (Fsp3) is 0.375. The minimum absolute atomic E-state index is 0.00911. The van der Waals surface area contributed by atoms with Crippen LogP contribution in [0.15, 0.2) is 23.6 Å². The number of methoxy groups -OCH3 is 1. The van der Waals surface area contributed by atoms with E-state index in [0.717, 1.165) is 17.0 Å². The minimum Gasteiger partial charge on any atom is -0.493 e. The molecule has 22 heavy (non-hydrogen) atoms. The lowest BCUT2D eigenvalue weighted by Gasteiger charge is -2.10. The van der Waals surface area contributed by atoms with Crippen LogP contribution >= 0.6 is 11.3 Å². The van der Waals surface area contributed by atoms with Gasteiger partial charge in [0, 0.05) is 17.6 Å². The zero-order valence-corrected chi connectivity index (χ0v) is 13.7. The van der Waals surface area contributed by atoms with Gasteiger partial charge in [-0.05, 0) is 32.0 Å². The molecular weight excluding hydrogens is 302 g/mol. The highest BCUT2D eigenvalue weighted by Crippen LogP contribution is 2.29. The van der Waals surface area contributed by atoms with Crippen molar-refractivity contribution in [3.8, 4) is 11.5 Å². The molecule has 0 saturated heterocycles. The Morgan fingerprint density at radius 1 is 1.36 bits per heavy atom. The molecule has 2 rings (SSSR count). The summed E-state index contributed by atoms with van der Waals surface area (Å²) in [6.07, 6.45) is 0.763. The maximum absolute atomic E-state index is 10.8. The number of carbonyl (C=O) groups is 1. The molecule has 6 heteroatoms. The largest absolute Gasteiger partial charge is 0.493 e. The van der Waals surface area contributed by atoms with E-state index in [0.29, 0.717) is 30.3 Å². The lowest BCUT2D eigenvalue weighted by molar-refractivity contribution is 0.0760. The zero-order valence-electron chi connectivity index (χ0n) is 12.9. The van der Waals surface area contributed by atoms with Crippen LogP contribution in [0.5, 0.6) is 11.5 Å². The normalized spacial score (nSPS) is 12.0. The molecule has 1 atom stereocenters. The van der Waals surface area contributed by atoms with Crippen molar-refractivity contribution in [3.05, 3.63) is 39.8 Å². The van der Waals surface area contributed by atoms with Crippen molar-refractivity contribution in [2.75, 3.05) is 13.7 Å². The lowest BCUT2D eigenvalue weighted by Crippen LogP contribution is -2.01. The highest BCUT2D eigenvalue weighted by molar-refractivity contribution is 7.09. The number of thiazole rings is 1.